The van der Waals surface area contributed by atoms with Crippen molar-refractivity contribution in [2.75, 3.05) is 26.2 Å². The van der Waals surface area contributed by atoms with Gasteiger partial charge >= 0.3 is 0 Å². The van der Waals surface area contributed by atoms with Gasteiger partial charge in [0.05, 0.1) is 6.10 Å². The summed E-state index contributed by atoms with van der Waals surface area (Å²) in [4.78, 5) is 2.55. The molecule has 0 amide bonds. The van der Waals surface area contributed by atoms with E-state index in [1.807, 2.05) is 0 Å². The van der Waals surface area contributed by atoms with Gasteiger partial charge in [0.1, 0.15) is 0 Å². The van der Waals surface area contributed by atoms with Gasteiger partial charge in [-0.2, -0.15) is 0 Å². The fourth-order valence-electron chi connectivity index (χ4n) is 2.99. The summed E-state index contributed by atoms with van der Waals surface area (Å²) in [6, 6.07) is 0.716. The summed E-state index contributed by atoms with van der Waals surface area (Å²) in [7, 11) is 0. The van der Waals surface area contributed by atoms with E-state index in [9.17, 15) is 5.11 Å². The van der Waals surface area contributed by atoms with Gasteiger partial charge in [-0.05, 0) is 44.2 Å². The summed E-state index contributed by atoms with van der Waals surface area (Å²) in [5.74, 6) is 1.39. The Labute approximate surface area is 126 Å². The van der Waals surface area contributed by atoms with Crippen molar-refractivity contribution in [2.24, 2.45) is 11.8 Å². The molecule has 2 N–H and O–H groups in total. The Balaban J connectivity index is 2.33. The minimum Gasteiger partial charge on any atom is -0.390 e. The summed E-state index contributed by atoms with van der Waals surface area (Å²) < 4.78 is 0. The minimum atomic E-state index is -0.235. The van der Waals surface area contributed by atoms with Crippen molar-refractivity contribution in [3.05, 3.63) is 0 Å². The standard InChI is InChI=1S/C17H36N2O/c1-14(2)9-10-19(16-7-5-6-8-16)13-17(20)12-18-11-15(3)4/h14-18,20H,5-13H2,1-4H3. The Morgan fingerprint density at radius 1 is 1.05 bits per heavy atom. The third-order valence-corrected chi connectivity index (χ3v) is 4.21. The summed E-state index contributed by atoms with van der Waals surface area (Å²) in [5, 5.41) is 13.6. The summed E-state index contributed by atoms with van der Waals surface area (Å²) in [5.41, 5.74) is 0. The highest BCUT2D eigenvalue weighted by Crippen LogP contribution is 2.24. The van der Waals surface area contributed by atoms with Crippen LogP contribution >= 0.6 is 0 Å². The van der Waals surface area contributed by atoms with E-state index >= 15 is 0 Å². The molecular weight excluding hydrogens is 248 g/mol. The van der Waals surface area contributed by atoms with E-state index in [0.717, 1.165) is 32.1 Å². The largest absolute Gasteiger partial charge is 0.390 e. The molecule has 3 nitrogen and oxygen atoms in total. The smallest absolute Gasteiger partial charge is 0.0791 e. The number of nitrogens with zero attached hydrogens (tertiary/aromatic N) is 1. The molecule has 1 atom stereocenters. The highest BCUT2D eigenvalue weighted by molar-refractivity contribution is 4.80. The molecule has 1 aliphatic rings. The normalized spacial score (nSPS) is 18.6. The number of aliphatic hydroxyl groups is 1. The monoisotopic (exact) mass is 284 g/mol. The summed E-state index contributed by atoms with van der Waals surface area (Å²) in [6.07, 6.45) is 6.38. The Morgan fingerprint density at radius 3 is 2.25 bits per heavy atom. The van der Waals surface area contributed by atoms with E-state index in [2.05, 4.69) is 37.9 Å². The van der Waals surface area contributed by atoms with Crippen LogP contribution in [0.1, 0.15) is 59.8 Å². The fraction of sp³-hybridized carbons (Fsp3) is 1.00. The molecule has 0 aromatic carbocycles. The van der Waals surface area contributed by atoms with Crippen molar-refractivity contribution >= 4 is 0 Å². The van der Waals surface area contributed by atoms with Crippen LogP contribution in [0, 0.1) is 11.8 Å². The van der Waals surface area contributed by atoms with Gasteiger partial charge in [0.25, 0.3) is 0 Å². The Kier molecular flexibility index (Phi) is 8.74. The van der Waals surface area contributed by atoms with Gasteiger partial charge in [-0.3, -0.25) is 4.90 Å². The maximum absolute atomic E-state index is 10.3. The van der Waals surface area contributed by atoms with Gasteiger partial charge in [0.2, 0.25) is 0 Å². The van der Waals surface area contributed by atoms with Crippen molar-refractivity contribution in [3.63, 3.8) is 0 Å². The number of hydrogen-bond acceptors (Lipinski definition) is 3. The molecule has 120 valence electrons. The predicted octanol–water partition coefficient (Wildman–Crippen LogP) is 2.88. The van der Waals surface area contributed by atoms with Gasteiger partial charge in [-0.25, -0.2) is 0 Å². The zero-order valence-corrected chi connectivity index (χ0v) is 14.1. The topological polar surface area (TPSA) is 35.5 Å². The first-order valence-electron chi connectivity index (χ1n) is 8.61. The van der Waals surface area contributed by atoms with Crippen LogP contribution in [0.3, 0.4) is 0 Å². The van der Waals surface area contributed by atoms with Crippen LogP contribution in [-0.2, 0) is 0 Å². The molecule has 0 bridgehead atoms. The van der Waals surface area contributed by atoms with Crippen LogP contribution in [0.15, 0.2) is 0 Å². The molecule has 1 fully saturated rings. The Hall–Kier alpha value is -0.120. The maximum atomic E-state index is 10.3. The summed E-state index contributed by atoms with van der Waals surface area (Å²) in [6.45, 7) is 12.7. The van der Waals surface area contributed by atoms with Gasteiger partial charge < -0.3 is 10.4 Å². The third-order valence-electron chi connectivity index (χ3n) is 4.21. The van der Waals surface area contributed by atoms with Gasteiger partial charge in [0, 0.05) is 19.1 Å². The molecule has 0 aliphatic heterocycles. The minimum absolute atomic E-state index is 0.235. The quantitative estimate of drug-likeness (QED) is 0.647. The highest BCUT2D eigenvalue weighted by Gasteiger charge is 2.24. The molecule has 0 saturated heterocycles. The van der Waals surface area contributed by atoms with E-state index in [1.54, 1.807) is 0 Å². The Morgan fingerprint density at radius 2 is 1.70 bits per heavy atom. The molecule has 0 aromatic heterocycles. The maximum Gasteiger partial charge on any atom is 0.0791 e. The van der Waals surface area contributed by atoms with Crippen molar-refractivity contribution in [1.82, 2.24) is 10.2 Å². The predicted molar refractivity (Wildman–Crippen MR) is 87.0 cm³/mol. The molecule has 20 heavy (non-hydrogen) atoms. The SMILES string of the molecule is CC(C)CCN(CC(O)CNCC(C)C)C1CCCC1. The molecule has 1 saturated carbocycles. The highest BCUT2D eigenvalue weighted by atomic mass is 16.3. The van der Waals surface area contributed by atoms with Crippen molar-refractivity contribution < 1.29 is 5.11 Å². The first-order valence-corrected chi connectivity index (χ1v) is 8.61. The van der Waals surface area contributed by atoms with Crippen molar-refractivity contribution in [3.8, 4) is 0 Å². The first-order chi connectivity index (χ1) is 9.49. The molecule has 1 aliphatic carbocycles. The van der Waals surface area contributed by atoms with Gasteiger partial charge in [-0.1, -0.05) is 40.5 Å². The fourth-order valence-corrected chi connectivity index (χ4v) is 2.99. The lowest BCUT2D eigenvalue weighted by Gasteiger charge is -2.31. The number of aliphatic hydroxyl groups excluding tert-OH is 1. The summed E-state index contributed by atoms with van der Waals surface area (Å²) >= 11 is 0. The Bertz CT molecular complexity index is 237. The van der Waals surface area contributed by atoms with E-state index in [1.165, 1.54) is 32.1 Å². The lowest BCUT2D eigenvalue weighted by Crippen LogP contribution is -2.43. The second-order valence-electron chi connectivity index (χ2n) is 7.32. The average Bonchev–Trinajstić information content (AvgIpc) is 2.87. The molecule has 0 aromatic rings. The molecule has 1 unspecified atom stereocenters. The van der Waals surface area contributed by atoms with Gasteiger partial charge in [0.15, 0.2) is 0 Å². The molecule has 0 spiro atoms. The van der Waals surface area contributed by atoms with Crippen LogP contribution in [0.25, 0.3) is 0 Å². The van der Waals surface area contributed by atoms with Crippen LogP contribution in [-0.4, -0.2) is 48.3 Å². The molecule has 1 rings (SSSR count). The second kappa shape index (κ2) is 9.75. The first kappa shape index (κ1) is 17.9. The zero-order chi connectivity index (χ0) is 15.0. The molecule has 3 heteroatoms. The van der Waals surface area contributed by atoms with Crippen LogP contribution in [0.2, 0.25) is 0 Å². The van der Waals surface area contributed by atoms with E-state index in [4.69, 9.17) is 0 Å². The zero-order valence-electron chi connectivity index (χ0n) is 14.1. The molecule has 0 heterocycles. The second-order valence-corrected chi connectivity index (χ2v) is 7.32. The molecule has 0 radical (unpaired) electrons. The molecular formula is C17H36N2O. The van der Waals surface area contributed by atoms with E-state index < -0.39 is 0 Å². The van der Waals surface area contributed by atoms with Gasteiger partial charge in [-0.15, -0.1) is 0 Å². The lowest BCUT2D eigenvalue weighted by atomic mass is 10.1. The van der Waals surface area contributed by atoms with Crippen molar-refractivity contribution in [2.45, 2.75) is 71.9 Å². The average molecular weight is 284 g/mol. The van der Waals surface area contributed by atoms with Crippen molar-refractivity contribution in [1.29, 1.82) is 0 Å². The number of nitrogens with one attached hydrogen (secondary N) is 1. The lowest BCUT2D eigenvalue weighted by molar-refractivity contribution is 0.0834. The van der Waals surface area contributed by atoms with E-state index in [-0.39, 0.29) is 6.10 Å². The van der Waals surface area contributed by atoms with E-state index in [0.29, 0.717) is 12.0 Å². The van der Waals surface area contributed by atoms with Crippen LogP contribution < -0.4 is 5.32 Å². The number of rotatable bonds is 10. The third kappa shape index (κ3) is 7.61. The van der Waals surface area contributed by atoms with Crippen LogP contribution in [0.4, 0.5) is 0 Å². The van der Waals surface area contributed by atoms with Crippen LogP contribution in [0.5, 0.6) is 0 Å². The number of hydrogen-bond donors (Lipinski definition) is 2.